The van der Waals surface area contributed by atoms with Crippen molar-refractivity contribution in [2.24, 2.45) is 5.73 Å². The van der Waals surface area contributed by atoms with Crippen LogP contribution in [0.25, 0.3) is 0 Å². The summed E-state index contributed by atoms with van der Waals surface area (Å²) in [5.41, 5.74) is 5.01. The predicted molar refractivity (Wildman–Crippen MR) is 52.9 cm³/mol. The molecule has 0 aromatic heterocycles. The van der Waals surface area contributed by atoms with Gasteiger partial charge < -0.3 is 0 Å². The summed E-state index contributed by atoms with van der Waals surface area (Å²) in [5.74, 6) is 0. The minimum atomic E-state index is -3.98. The Kier molecular flexibility index (Phi) is 2.31. The summed E-state index contributed by atoms with van der Waals surface area (Å²) in [4.78, 5) is 0. The number of hydrogen-bond acceptors (Lipinski definition) is 5. The zero-order valence-corrected chi connectivity index (χ0v) is 8.90. The van der Waals surface area contributed by atoms with Crippen LogP contribution in [0.1, 0.15) is 12.5 Å². The third-order valence-electron chi connectivity index (χ3n) is 2.33. The summed E-state index contributed by atoms with van der Waals surface area (Å²) in [6, 6.07) is 8.71. The highest BCUT2D eigenvalue weighted by Gasteiger charge is 2.49. The van der Waals surface area contributed by atoms with Crippen molar-refractivity contribution in [3.8, 4) is 0 Å². The molecular formula is C9H11NO4S. The zero-order chi connectivity index (χ0) is 11.1. The Hall–Kier alpha value is -0.950. The van der Waals surface area contributed by atoms with Crippen LogP contribution < -0.4 is 5.73 Å². The summed E-state index contributed by atoms with van der Waals surface area (Å²) < 4.78 is 31.6. The van der Waals surface area contributed by atoms with Gasteiger partial charge in [0.25, 0.3) is 0 Å². The highest BCUT2D eigenvalue weighted by Crippen LogP contribution is 2.34. The van der Waals surface area contributed by atoms with Gasteiger partial charge in [0.1, 0.15) is 6.10 Å². The first-order valence-corrected chi connectivity index (χ1v) is 5.76. The SMILES string of the molecule is CC1OS(=O)(=O)OC1(N)c1ccccc1. The van der Waals surface area contributed by atoms with Gasteiger partial charge >= 0.3 is 10.4 Å². The molecule has 2 unspecified atom stereocenters. The van der Waals surface area contributed by atoms with E-state index in [2.05, 4.69) is 4.18 Å². The molecule has 0 spiro atoms. The Bertz CT molecular complexity index is 458. The Labute approximate surface area is 88.1 Å². The van der Waals surface area contributed by atoms with Gasteiger partial charge in [-0.2, -0.15) is 8.42 Å². The van der Waals surface area contributed by atoms with E-state index in [-0.39, 0.29) is 0 Å². The fourth-order valence-corrected chi connectivity index (χ4v) is 2.59. The molecule has 1 heterocycles. The number of rotatable bonds is 1. The second-order valence-electron chi connectivity index (χ2n) is 3.39. The van der Waals surface area contributed by atoms with E-state index in [1.54, 1.807) is 31.2 Å². The van der Waals surface area contributed by atoms with Crippen LogP contribution in [0.4, 0.5) is 0 Å². The fourth-order valence-electron chi connectivity index (χ4n) is 1.49. The summed E-state index contributed by atoms with van der Waals surface area (Å²) in [7, 11) is -3.98. The van der Waals surface area contributed by atoms with Crippen molar-refractivity contribution in [3.05, 3.63) is 35.9 Å². The van der Waals surface area contributed by atoms with Crippen molar-refractivity contribution in [1.29, 1.82) is 0 Å². The molecule has 0 aliphatic carbocycles. The second-order valence-corrected chi connectivity index (χ2v) is 4.56. The maximum Gasteiger partial charge on any atom is 0.402 e. The predicted octanol–water partition coefficient (Wildman–Crippen LogP) is 0.478. The zero-order valence-electron chi connectivity index (χ0n) is 8.08. The van der Waals surface area contributed by atoms with Gasteiger partial charge in [0.2, 0.25) is 0 Å². The Morgan fingerprint density at radius 3 is 2.40 bits per heavy atom. The van der Waals surface area contributed by atoms with Gasteiger partial charge in [-0.3, -0.25) is 5.73 Å². The first-order valence-electron chi connectivity index (χ1n) is 4.42. The van der Waals surface area contributed by atoms with Crippen LogP contribution in [-0.2, 0) is 24.5 Å². The third kappa shape index (κ3) is 1.76. The van der Waals surface area contributed by atoms with Crippen LogP contribution in [0.3, 0.4) is 0 Å². The maximum absolute atomic E-state index is 11.1. The summed E-state index contributed by atoms with van der Waals surface area (Å²) >= 11 is 0. The summed E-state index contributed by atoms with van der Waals surface area (Å²) in [5, 5.41) is 0. The van der Waals surface area contributed by atoms with Crippen LogP contribution in [0.2, 0.25) is 0 Å². The molecule has 0 bridgehead atoms. The molecular weight excluding hydrogens is 218 g/mol. The fraction of sp³-hybridized carbons (Fsp3) is 0.333. The minimum absolute atomic E-state index is 0.568. The topological polar surface area (TPSA) is 78.6 Å². The van der Waals surface area contributed by atoms with Crippen LogP contribution in [0, 0.1) is 0 Å². The molecule has 1 saturated heterocycles. The maximum atomic E-state index is 11.1. The highest BCUT2D eigenvalue weighted by atomic mass is 32.3. The van der Waals surface area contributed by atoms with E-state index in [0.29, 0.717) is 5.56 Å². The van der Waals surface area contributed by atoms with Gasteiger partial charge in [0.15, 0.2) is 5.72 Å². The van der Waals surface area contributed by atoms with E-state index >= 15 is 0 Å². The molecule has 0 radical (unpaired) electrons. The minimum Gasteiger partial charge on any atom is -0.296 e. The number of nitrogens with two attached hydrogens (primary N) is 1. The molecule has 0 amide bonds. The lowest BCUT2D eigenvalue weighted by atomic mass is 9.99. The van der Waals surface area contributed by atoms with Crippen molar-refractivity contribution >= 4 is 10.4 Å². The molecule has 1 aromatic rings. The van der Waals surface area contributed by atoms with E-state index in [0.717, 1.165) is 0 Å². The highest BCUT2D eigenvalue weighted by molar-refractivity contribution is 7.82. The van der Waals surface area contributed by atoms with Gasteiger partial charge in [-0.05, 0) is 6.92 Å². The second kappa shape index (κ2) is 3.28. The van der Waals surface area contributed by atoms with E-state index in [4.69, 9.17) is 9.92 Å². The molecule has 1 fully saturated rings. The Morgan fingerprint density at radius 2 is 1.93 bits per heavy atom. The van der Waals surface area contributed by atoms with Crippen molar-refractivity contribution in [2.45, 2.75) is 18.8 Å². The van der Waals surface area contributed by atoms with E-state index in [1.165, 1.54) is 0 Å². The standard InChI is InChI=1S/C9H11NO4S/c1-7-9(10,14-15(11,12)13-7)8-5-3-2-4-6-8/h2-7H,10H2,1H3. The molecule has 82 valence electrons. The largest absolute Gasteiger partial charge is 0.402 e. The van der Waals surface area contributed by atoms with Crippen LogP contribution in [-0.4, -0.2) is 14.5 Å². The molecule has 1 aromatic carbocycles. The van der Waals surface area contributed by atoms with E-state index in [1.807, 2.05) is 6.07 Å². The molecule has 5 nitrogen and oxygen atoms in total. The molecule has 2 N–H and O–H groups in total. The van der Waals surface area contributed by atoms with Crippen LogP contribution in [0.15, 0.2) is 30.3 Å². The molecule has 2 rings (SSSR count). The van der Waals surface area contributed by atoms with Crippen LogP contribution >= 0.6 is 0 Å². The smallest absolute Gasteiger partial charge is 0.296 e. The lowest BCUT2D eigenvalue weighted by Crippen LogP contribution is -2.44. The number of hydrogen-bond donors (Lipinski definition) is 1. The molecule has 0 saturated carbocycles. The van der Waals surface area contributed by atoms with Gasteiger partial charge in [-0.15, -0.1) is 0 Å². The average molecular weight is 229 g/mol. The molecule has 2 atom stereocenters. The van der Waals surface area contributed by atoms with E-state index < -0.39 is 22.2 Å². The van der Waals surface area contributed by atoms with Gasteiger partial charge in [-0.1, -0.05) is 30.3 Å². The molecule has 1 aliphatic rings. The third-order valence-corrected chi connectivity index (χ3v) is 3.34. The van der Waals surface area contributed by atoms with Gasteiger partial charge in [0, 0.05) is 5.56 Å². The molecule has 6 heteroatoms. The normalized spacial score (nSPS) is 34.1. The van der Waals surface area contributed by atoms with Crippen molar-refractivity contribution in [3.63, 3.8) is 0 Å². The Balaban J connectivity index is 2.45. The van der Waals surface area contributed by atoms with Gasteiger partial charge in [0.05, 0.1) is 0 Å². The average Bonchev–Trinajstić information content (AvgIpc) is 2.38. The van der Waals surface area contributed by atoms with Crippen molar-refractivity contribution in [2.75, 3.05) is 0 Å². The molecule has 1 aliphatic heterocycles. The van der Waals surface area contributed by atoms with Crippen molar-refractivity contribution < 1.29 is 16.8 Å². The Morgan fingerprint density at radius 1 is 1.33 bits per heavy atom. The quantitative estimate of drug-likeness (QED) is 0.757. The lowest BCUT2D eigenvalue weighted by molar-refractivity contribution is 0.0500. The summed E-state index contributed by atoms with van der Waals surface area (Å²) in [6.07, 6.45) is -0.745. The number of benzene rings is 1. The van der Waals surface area contributed by atoms with E-state index in [9.17, 15) is 8.42 Å². The van der Waals surface area contributed by atoms with Crippen LogP contribution in [0.5, 0.6) is 0 Å². The first-order chi connectivity index (χ1) is 6.94. The van der Waals surface area contributed by atoms with Crippen molar-refractivity contribution in [1.82, 2.24) is 0 Å². The first kappa shape index (κ1) is 10.6. The monoisotopic (exact) mass is 229 g/mol. The van der Waals surface area contributed by atoms with Gasteiger partial charge in [-0.25, -0.2) is 8.37 Å². The molecule has 15 heavy (non-hydrogen) atoms. The summed E-state index contributed by atoms with van der Waals surface area (Å²) in [6.45, 7) is 1.55. The lowest BCUT2D eigenvalue weighted by Gasteiger charge is -2.23.